The van der Waals surface area contributed by atoms with Crippen molar-refractivity contribution in [1.82, 2.24) is 10.2 Å². The van der Waals surface area contributed by atoms with E-state index in [2.05, 4.69) is 34.7 Å². The first-order chi connectivity index (χ1) is 10.0. The fourth-order valence-corrected chi connectivity index (χ4v) is 1.62. The number of aliphatic imine (C=N–C) groups is 2. The quantitative estimate of drug-likeness (QED) is 0.402. The zero-order valence-corrected chi connectivity index (χ0v) is 13.1. The van der Waals surface area contributed by atoms with Gasteiger partial charge in [-0.05, 0) is 33.0 Å². The average Bonchev–Trinajstić information content (AvgIpc) is 2.75. The van der Waals surface area contributed by atoms with Crippen molar-refractivity contribution in [1.29, 1.82) is 0 Å². The fourth-order valence-electron chi connectivity index (χ4n) is 1.62. The van der Waals surface area contributed by atoms with E-state index >= 15 is 0 Å². The predicted molar refractivity (Wildman–Crippen MR) is 81.4 cm³/mol. The van der Waals surface area contributed by atoms with E-state index in [-0.39, 0.29) is 6.42 Å². The molecule has 2 amide bonds. The van der Waals surface area contributed by atoms with Crippen molar-refractivity contribution in [3.63, 3.8) is 0 Å². The highest BCUT2D eigenvalue weighted by Gasteiger charge is 2.27. The maximum atomic E-state index is 10.2. The lowest BCUT2D eigenvalue weighted by atomic mass is 10.3. The molecule has 2 N–H and O–H groups in total. The van der Waals surface area contributed by atoms with E-state index in [1.807, 2.05) is 12.2 Å². The standard InChI is InChI=1S/C10H21N3.C4H5NO3/c1-4-11-10-12-8-7-9-13(5-2)6-3;6-2-1-3(7)5-4(2)8/h4-9H2,1-3H3;2,6H,1H2,(H,5,7,8). The third-order valence-electron chi connectivity index (χ3n) is 2.88. The second-order valence-corrected chi connectivity index (χ2v) is 4.47. The van der Waals surface area contributed by atoms with Crippen LogP contribution in [0.25, 0.3) is 0 Å². The van der Waals surface area contributed by atoms with Gasteiger partial charge in [0, 0.05) is 6.54 Å². The van der Waals surface area contributed by atoms with Gasteiger partial charge >= 0.3 is 0 Å². The number of carbonyl (C=O) groups excluding carboxylic acids is 2. The van der Waals surface area contributed by atoms with Crippen LogP contribution in [0.5, 0.6) is 0 Å². The molecule has 1 fully saturated rings. The minimum atomic E-state index is -1.11. The summed E-state index contributed by atoms with van der Waals surface area (Å²) in [4.78, 5) is 30.7. The Morgan fingerprint density at radius 3 is 2.33 bits per heavy atom. The molecule has 1 saturated heterocycles. The highest BCUT2D eigenvalue weighted by Crippen LogP contribution is 1.98. The summed E-state index contributed by atoms with van der Waals surface area (Å²) in [6.45, 7) is 11.4. The van der Waals surface area contributed by atoms with Gasteiger partial charge < -0.3 is 10.0 Å². The molecule has 7 nitrogen and oxygen atoms in total. The second-order valence-electron chi connectivity index (χ2n) is 4.47. The van der Waals surface area contributed by atoms with Gasteiger partial charge in [-0.15, -0.1) is 0 Å². The molecule has 1 unspecified atom stereocenters. The number of nitrogens with one attached hydrogen (secondary N) is 1. The summed E-state index contributed by atoms with van der Waals surface area (Å²) in [5.74, 6) is -0.988. The van der Waals surface area contributed by atoms with Crippen LogP contribution < -0.4 is 5.32 Å². The third-order valence-corrected chi connectivity index (χ3v) is 2.88. The Balaban J connectivity index is 0.000000423. The molecule has 7 heteroatoms. The van der Waals surface area contributed by atoms with E-state index in [4.69, 9.17) is 5.11 Å². The molecule has 1 atom stereocenters. The number of aliphatic hydroxyl groups excluding tert-OH is 1. The molecule has 0 radical (unpaired) electrons. The number of imide groups is 1. The van der Waals surface area contributed by atoms with Crippen LogP contribution in [-0.4, -0.2) is 66.7 Å². The summed E-state index contributed by atoms with van der Waals surface area (Å²) < 4.78 is 0. The Morgan fingerprint density at radius 2 is 1.95 bits per heavy atom. The SMILES string of the molecule is CCN=C=NCCCN(CC)CC.O=C1CC(O)C(=O)N1. The molecule has 1 heterocycles. The van der Waals surface area contributed by atoms with Crippen LogP contribution in [0.1, 0.15) is 33.6 Å². The summed E-state index contributed by atoms with van der Waals surface area (Å²) in [6.07, 6.45) is -0.0882. The van der Waals surface area contributed by atoms with Crippen LogP contribution in [0, 0.1) is 0 Å². The molecule has 0 bridgehead atoms. The molecular formula is C14H26N4O3. The molecule has 1 rings (SSSR count). The molecule has 120 valence electrons. The van der Waals surface area contributed by atoms with Crippen LogP contribution in [0.15, 0.2) is 9.98 Å². The molecule has 0 spiro atoms. The minimum Gasteiger partial charge on any atom is -0.383 e. The molecule has 0 aromatic rings. The molecular weight excluding hydrogens is 272 g/mol. The molecule has 1 aliphatic rings. The van der Waals surface area contributed by atoms with E-state index in [1.165, 1.54) is 0 Å². The van der Waals surface area contributed by atoms with E-state index in [9.17, 15) is 9.59 Å². The van der Waals surface area contributed by atoms with Crippen molar-refractivity contribution in [2.75, 3.05) is 32.7 Å². The van der Waals surface area contributed by atoms with E-state index < -0.39 is 17.9 Å². The van der Waals surface area contributed by atoms with Crippen molar-refractivity contribution in [2.24, 2.45) is 9.98 Å². The van der Waals surface area contributed by atoms with Gasteiger partial charge in [-0.25, -0.2) is 9.98 Å². The topological polar surface area (TPSA) is 94.4 Å². The van der Waals surface area contributed by atoms with E-state index in [1.54, 1.807) is 0 Å². The first-order valence-corrected chi connectivity index (χ1v) is 7.37. The summed E-state index contributed by atoms with van der Waals surface area (Å²) in [5, 5.41) is 10.5. The number of hydrogen-bond donors (Lipinski definition) is 2. The lowest BCUT2D eigenvalue weighted by Crippen LogP contribution is -2.24. The summed E-state index contributed by atoms with van der Waals surface area (Å²) >= 11 is 0. The van der Waals surface area contributed by atoms with Gasteiger partial charge in [0.15, 0.2) is 0 Å². The number of aliphatic hydroxyl groups is 1. The highest BCUT2D eigenvalue weighted by atomic mass is 16.3. The van der Waals surface area contributed by atoms with Crippen molar-refractivity contribution >= 4 is 17.8 Å². The lowest BCUT2D eigenvalue weighted by Gasteiger charge is -2.16. The van der Waals surface area contributed by atoms with Gasteiger partial charge in [-0.3, -0.25) is 14.9 Å². The maximum Gasteiger partial charge on any atom is 0.255 e. The molecule has 0 saturated carbocycles. The molecule has 1 aliphatic heterocycles. The predicted octanol–water partition coefficient (Wildman–Crippen LogP) is 0.306. The first-order valence-electron chi connectivity index (χ1n) is 7.37. The Labute approximate surface area is 126 Å². The lowest BCUT2D eigenvalue weighted by molar-refractivity contribution is -0.127. The summed E-state index contributed by atoms with van der Waals surface area (Å²) in [5.41, 5.74) is 0. The Kier molecular flexibility index (Phi) is 11.3. The minimum absolute atomic E-state index is 0.0845. The summed E-state index contributed by atoms with van der Waals surface area (Å²) in [6, 6.07) is 2.68. The zero-order valence-electron chi connectivity index (χ0n) is 13.1. The fraction of sp³-hybridized carbons (Fsp3) is 0.786. The molecule has 0 aliphatic carbocycles. The first kappa shape index (κ1) is 19.4. The largest absolute Gasteiger partial charge is 0.383 e. The second kappa shape index (κ2) is 12.2. The van der Waals surface area contributed by atoms with Gasteiger partial charge in [-0.2, -0.15) is 0 Å². The Bertz CT molecular complexity index is 374. The van der Waals surface area contributed by atoms with Gasteiger partial charge in [0.1, 0.15) is 6.10 Å². The number of rotatable bonds is 7. The Hall–Kier alpha value is -1.56. The van der Waals surface area contributed by atoms with Crippen LogP contribution >= 0.6 is 0 Å². The number of carbonyl (C=O) groups is 2. The maximum absolute atomic E-state index is 10.2. The van der Waals surface area contributed by atoms with E-state index in [0.717, 1.165) is 39.1 Å². The third kappa shape index (κ3) is 9.90. The monoisotopic (exact) mass is 298 g/mol. The van der Waals surface area contributed by atoms with Crippen LogP contribution in [0.4, 0.5) is 0 Å². The molecule has 0 aromatic heterocycles. The number of hydrogen-bond acceptors (Lipinski definition) is 6. The average molecular weight is 298 g/mol. The van der Waals surface area contributed by atoms with Crippen molar-refractivity contribution in [3.8, 4) is 0 Å². The van der Waals surface area contributed by atoms with Gasteiger partial charge in [0.2, 0.25) is 5.91 Å². The van der Waals surface area contributed by atoms with Gasteiger partial charge in [0.25, 0.3) is 5.91 Å². The number of amides is 2. The number of nitrogens with zero attached hydrogens (tertiary/aromatic N) is 3. The van der Waals surface area contributed by atoms with Crippen LogP contribution in [-0.2, 0) is 9.59 Å². The zero-order chi connectivity index (χ0) is 16.1. The van der Waals surface area contributed by atoms with Crippen LogP contribution in [0.3, 0.4) is 0 Å². The van der Waals surface area contributed by atoms with Crippen molar-refractivity contribution in [3.05, 3.63) is 0 Å². The highest BCUT2D eigenvalue weighted by molar-refractivity contribution is 6.04. The molecule has 21 heavy (non-hydrogen) atoms. The normalized spacial score (nSPS) is 16.9. The van der Waals surface area contributed by atoms with Crippen molar-refractivity contribution < 1.29 is 14.7 Å². The van der Waals surface area contributed by atoms with E-state index in [0.29, 0.717) is 0 Å². The summed E-state index contributed by atoms with van der Waals surface area (Å²) in [7, 11) is 0. The van der Waals surface area contributed by atoms with Gasteiger partial charge in [-0.1, -0.05) is 13.8 Å². The Morgan fingerprint density at radius 1 is 1.29 bits per heavy atom. The van der Waals surface area contributed by atoms with Gasteiger partial charge in [0.05, 0.1) is 19.0 Å². The van der Waals surface area contributed by atoms with Crippen molar-refractivity contribution in [2.45, 2.75) is 39.7 Å². The van der Waals surface area contributed by atoms with Crippen LogP contribution in [0.2, 0.25) is 0 Å². The molecule has 0 aromatic carbocycles. The smallest absolute Gasteiger partial charge is 0.255 e.